The highest BCUT2D eigenvalue weighted by molar-refractivity contribution is 8.03. The molecule has 1 heterocycles. The van der Waals surface area contributed by atoms with Crippen molar-refractivity contribution in [2.24, 2.45) is 0 Å². The minimum absolute atomic E-state index is 0.0891. The maximum absolute atomic E-state index is 11.9. The van der Waals surface area contributed by atoms with Gasteiger partial charge in [-0.2, -0.15) is 0 Å². The summed E-state index contributed by atoms with van der Waals surface area (Å²) in [6.07, 6.45) is 1.59. The predicted molar refractivity (Wildman–Crippen MR) is 74.6 cm³/mol. The molecule has 7 nitrogen and oxygen atoms in total. The van der Waals surface area contributed by atoms with E-state index in [1.165, 1.54) is 15.8 Å². The number of nitrogens with one attached hydrogen (secondary N) is 1. The standard InChI is InChI=1S/C11H13ClN3O4S/c1-2-14-4-5-15(10(18)9(14)17)11(19)13-8(7-16)20-6-3-12/h3,6,8H,2,4-5H2,1H3,(H,13,19). The van der Waals surface area contributed by atoms with E-state index < -0.39 is 23.2 Å². The topological polar surface area (TPSA) is 86.8 Å². The number of amides is 4. The minimum Gasteiger partial charge on any atom is -0.333 e. The molecule has 109 valence electrons. The summed E-state index contributed by atoms with van der Waals surface area (Å²) >= 11 is 6.22. The van der Waals surface area contributed by atoms with E-state index in [-0.39, 0.29) is 13.1 Å². The number of likely N-dealkylation sites (N-methyl/N-ethyl adjacent to an activating group) is 1. The number of urea groups is 1. The lowest BCUT2D eigenvalue weighted by Gasteiger charge is -2.32. The maximum Gasteiger partial charge on any atom is 0.325 e. The normalized spacial score (nSPS) is 17.5. The van der Waals surface area contributed by atoms with Gasteiger partial charge in [0.1, 0.15) is 5.37 Å². The number of thioether (sulfide) groups is 1. The maximum atomic E-state index is 11.9. The molecule has 0 aromatic heterocycles. The fourth-order valence-corrected chi connectivity index (χ4v) is 2.18. The summed E-state index contributed by atoms with van der Waals surface area (Å²) in [4.78, 5) is 48.0. The minimum atomic E-state index is -0.996. The second kappa shape index (κ2) is 7.91. The summed E-state index contributed by atoms with van der Waals surface area (Å²) in [7, 11) is 0. The van der Waals surface area contributed by atoms with E-state index in [1.54, 1.807) is 13.2 Å². The first-order valence-electron chi connectivity index (χ1n) is 5.74. The van der Waals surface area contributed by atoms with E-state index in [0.29, 0.717) is 6.54 Å². The Morgan fingerprint density at radius 3 is 2.75 bits per heavy atom. The second-order valence-corrected chi connectivity index (χ2v) is 4.95. The summed E-state index contributed by atoms with van der Waals surface area (Å²) in [5, 5.41) is 2.67. The van der Waals surface area contributed by atoms with E-state index in [1.807, 2.05) is 0 Å². The first-order chi connectivity index (χ1) is 9.54. The van der Waals surface area contributed by atoms with Gasteiger partial charge in [-0.25, -0.2) is 4.79 Å². The molecule has 1 N–H and O–H groups in total. The van der Waals surface area contributed by atoms with Crippen LogP contribution in [0.4, 0.5) is 4.79 Å². The van der Waals surface area contributed by atoms with E-state index in [4.69, 9.17) is 11.6 Å². The van der Waals surface area contributed by atoms with Crippen molar-refractivity contribution in [1.29, 1.82) is 0 Å². The van der Waals surface area contributed by atoms with Gasteiger partial charge in [-0.05, 0) is 12.3 Å². The Kier molecular flexibility index (Phi) is 6.53. The van der Waals surface area contributed by atoms with Crippen LogP contribution in [0.1, 0.15) is 6.92 Å². The van der Waals surface area contributed by atoms with Gasteiger partial charge in [0.25, 0.3) is 0 Å². The summed E-state index contributed by atoms with van der Waals surface area (Å²) < 4.78 is 0. The number of carbonyl (C=O) groups excluding carboxylic acids is 4. The average Bonchev–Trinajstić information content (AvgIpc) is 2.45. The molecule has 1 rings (SSSR count). The summed E-state index contributed by atoms with van der Waals surface area (Å²) in [6.45, 7) is 2.51. The molecule has 0 spiro atoms. The predicted octanol–water partition coefficient (Wildman–Crippen LogP) is 0.266. The van der Waals surface area contributed by atoms with E-state index in [0.717, 1.165) is 16.7 Å². The molecule has 9 heteroatoms. The Labute approximate surface area is 125 Å². The van der Waals surface area contributed by atoms with Crippen LogP contribution in [-0.4, -0.2) is 58.9 Å². The van der Waals surface area contributed by atoms with Gasteiger partial charge in [-0.15, -0.1) is 0 Å². The number of halogens is 1. The summed E-state index contributed by atoms with van der Waals surface area (Å²) in [5.41, 5.74) is 1.18. The van der Waals surface area contributed by atoms with Gasteiger partial charge >= 0.3 is 17.8 Å². The molecular formula is C11H13ClN3O4S. The average molecular weight is 319 g/mol. The number of carbonyl (C=O) groups is 3. The van der Waals surface area contributed by atoms with E-state index in [2.05, 4.69) is 5.32 Å². The molecular weight excluding hydrogens is 306 g/mol. The number of nitrogens with zero attached hydrogens (tertiary/aromatic N) is 2. The van der Waals surface area contributed by atoms with Crippen molar-refractivity contribution in [2.45, 2.75) is 12.3 Å². The molecule has 4 amide bonds. The Balaban J connectivity index is 2.65. The van der Waals surface area contributed by atoms with Crippen LogP contribution in [0.3, 0.4) is 0 Å². The molecule has 1 atom stereocenters. The van der Waals surface area contributed by atoms with Crippen LogP contribution < -0.4 is 5.32 Å². The van der Waals surface area contributed by atoms with Gasteiger partial charge in [0.15, 0.2) is 0 Å². The Morgan fingerprint density at radius 1 is 1.50 bits per heavy atom. The van der Waals surface area contributed by atoms with Crippen molar-refractivity contribution in [3.63, 3.8) is 0 Å². The Hall–Kier alpha value is -1.54. The largest absolute Gasteiger partial charge is 0.333 e. The van der Waals surface area contributed by atoms with Crippen LogP contribution in [0.5, 0.6) is 0 Å². The van der Waals surface area contributed by atoms with Crippen LogP contribution in [0.2, 0.25) is 0 Å². The second-order valence-electron chi connectivity index (χ2n) is 3.69. The van der Waals surface area contributed by atoms with Gasteiger partial charge in [0.05, 0.1) is 0 Å². The third-order valence-electron chi connectivity index (χ3n) is 2.56. The first kappa shape index (κ1) is 16.5. The highest BCUT2D eigenvalue weighted by Gasteiger charge is 2.35. The molecule has 0 aromatic carbocycles. The number of hydrogen-bond acceptors (Lipinski definition) is 5. The van der Waals surface area contributed by atoms with Crippen LogP contribution in [-0.2, 0) is 14.4 Å². The van der Waals surface area contributed by atoms with Crippen molar-refractivity contribution in [1.82, 2.24) is 15.1 Å². The third kappa shape index (κ3) is 3.97. The van der Waals surface area contributed by atoms with Gasteiger partial charge in [-0.1, -0.05) is 23.4 Å². The molecule has 0 saturated carbocycles. The molecule has 0 aliphatic carbocycles. The van der Waals surface area contributed by atoms with E-state index >= 15 is 0 Å². The van der Waals surface area contributed by atoms with Crippen molar-refractivity contribution >= 4 is 47.5 Å². The SMILES string of the molecule is CCN1CCN(C(=O)NC([C]=O)SC=CCl)C(=O)C1=O. The fourth-order valence-electron chi connectivity index (χ4n) is 1.56. The lowest BCUT2D eigenvalue weighted by atomic mass is 10.3. The van der Waals surface area contributed by atoms with Crippen LogP contribution in [0, 0.1) is 0 Å². The molecule has 0 aromatic rings. The number of rotatable bonds is 5. The van der Waals surface area contributed by atoms with Crippen molar-refractivity contribution in [3.05, 3.63) is 10.9 Å². The van der Waals surface area contributed by atoms with Crippen LogP contribution >= 0.6 is 23.4 Å². The Bertz CT molecular complexity index is 443. The Morgan fingerprint density at radius 2 is 2.20 bits per heavy atom. The van der Waals surface area contributed by atoms with Gasteiger partial charge in [0, 0.05) is 25.2 Å². The monoisotopic (exact) mass is 318 g/mol. The van der Waals surface area contributed by atoms with Gasteiger partial charge < -0.3 is 10.2 Å². The fraction of sp³-hybridized carbons (Fsp3) is 0.455. The number of imide groups is 1. The zero-order chi connectivity index (χ0) is 15.1. The molecule has 1 aliphatic rings. The van der Waals surface area contributed by atoms with Crippen LogP contribution in [0.25, 0.3) is 0 Å². The molecule has 1 saturated heterocycles. The van der Waals surface area contributed by atoms with Crippen molar-refractivity contribution in [2.75, 3.05) is 19.6 Å². The first-order valence-corrected chi connectivity index (χ1v) is 7.12. The lowest BCUT2D eigenvalue weighted by Crippen LogP contribution is -2.59. The molecule has 0 bridgehead atoms. The zero-order valence-electron chi connectivity index (χ0n) is 10.7. The van der Waals surface area contributed by atoms with Gasteiger partial charge in [0.2, 0.25) is 6.29 Å². The molecule has 1 radical (unpaired) electrons. The number of piperazine rings is 1. The van der Waals surface area contributed by atoms with Crippen LogP contribution in [0.15, 0.2) is 10.9 Å². The quantitative estimate of drug-likeness (QED) is 0.580. The molecule has 1 aliphatic heterocycles. The smallest absolute Gasteiger partial charge is 0.325 e. The molecule has 20 heavy (non-hydrogen) atoms. The summed E-state index contributed by atoms with van der Waals surface area (Å²) in [5.74, 6) is -1.63. The van der Waals surface area contributed by atoms with Gasteiger partial charge in [-0.3, -0.25) is 19.3 Å². The van der Waals surface area contributed by atoms with Crippen molar-refractivity contribution < 1.29 is 19.2 Å². The molecule has 1 fully saturated rings. The number of hydrogen-bond donors (Lipinski definition) is 1. The van der Waals surface area contributed by atoms with Crippen molar-refractivity contribution in [3.8, 4) is 0 Å². The lowest BCUT2D eigenvalue weighted by molar-refractivity contribution is -0.153. The summed E-state index contributed by atoms with van der Waals surface area (Å²) in [6, 6.07) is -0.803. The zero-order valence-corrected chi connectivity index (χ0v) is 12.2. The highest BCUT2D eigenvalue weighted by Crippen LogP contribution is 2.10. The highest BCUT2D eigenvalue weighted by atomic mass is 35.5. The molecule has 1 unspecified atom stereocenters. The third-order valence-corrected chi connectivity index (χ3v) is 3.62. The van der Waals surface area contributed by atoms with E-state index in [9.17, 15) is 19.2 Å².